The van der Waals surface area contributed by atoms with Crippen LogP contribution in [0.1, 0.15) is 29.7 Å². The summed E-state index contributed by atoms with van der Waals surface area (Å²) >= 11 is 1.84. The minimum Gasteiger partial charge on any atom is -0.370 e. The number of pyridine rings is 1. The number of benzene rings is 1. The number of nitrogens with zero attached hydrogens (tertiary/aromatic N) is 2. The Hall–Kier alpha value is -2.01. The molecule has 0 saturated carbocycles. The number of rotatable bonds is 6. The maximum atomic E-state index is 4.78. The third kappa shape index (κ3) is 4.58. The lowest BCUT2D eigenvalue weighted by atomic mass is 10.1. The van der Waals surface area contributed by atoms with Crippen LogP contribution in [0.4, 0.5) is 5.82 Å². The van der Waals surface area contributed by atoms with Crippen molar-refractivity contribution in [1.82, 2.24) is 10.3 Å². The molecule has 2 aliphatic rings. The molecule has 2 aromatic rings. The topological polar surface area (TPSA) is 49.3 Å². The highest BCUT2D eigenvalue weighted by Crippen LogP contribution is 2.20. The number of anilines is 1. The zero-order valence-electron chi connectivity index (χ0n) is 15.1. The minimum atomic E-state index is 0.438. The van der Waals surface area contributed by atoms with E-state index < -0.39 is 0 Å². The monoisotopic (exact) mass is 366 g/mol. The summed E-state index contributed by atoms with van der Waals surface area (Å²) in [5.41, 5.74) is 3.93. The molecule has 1 atom stereocenters. The quantitative estimate of drug-likeness (QED) is 0.766. The first kappa shape index (κ1) is 17.4. The molecule has 26 heavy (non-hydrogen) atoms. The number of aliphatic imine (C=N–C) groups is 1. The van der Waals surface area contributed by atoms with Gasteiger partial charge in [-0.05, 0) is 49.3 Å². The van der Waals surface area contributed by atoms with Crippen LogP contribution in [-0.2, 0) is 19.3 Å². The molecule has 1 unspecified atom stereocenters. The van der Waals surface area contributed by atoms with Gasteiger partial charge in [-0.25, -0.2) is 4.98 Å². The van der Waals surface area contributed by atoms with E-state index in [-0.39, 0.29) is 0 Å². The molecule has 3 heterocycles. The Balaban J connectivity index is 1.17. The predicted molar refractivity (Wildman–Crippen MR) is 111 cm³/mol. The molecule has 2 N–H and O–H groups in total. The van der Waals surface area contributed by atoms with E-state index in [0.29, 0.717) is 6.04 Å². The van der Waals surface area contributed by atoms with E-state index >= 15 is 0 Å². The minimum absolute atomic E-state index is 0.438. The van der Waals surface area contributed by atoms with Crippen molar-refractivity contribution in [2.45, 2.75) is 38.1 Å². The molecule has 136 valence electrons. The molecule has 1 aromatic heterocycles. The van der Waals surface area contributed by atoms with Gasteiger partial charge in [-0.1, -0.05) is 48.2 Å². The highest BCUT2D eigenvalue weighted by molar-refractivity contribution is 8.13. The van der Waals surface area contributed by atoms with Crippen LogP contribution in [-0.4, -0.2) is 35.0 Å². The van der Waals surface area contributed by atoms with Crippen LogP contribution in [0, 0.1) is 0 Å². The molecule has 1 aromatic carbocycles. The van der Waals surface area contributed by atoms with Gasteiger partial charge in [-0.3, -0.25) is 4.99 Å². The van der Waals surface area contributed by atoms with Gasteiger partial charge in [-0.15, -0.1) is 0 Å². The van der Waals surface area contributed by atoms with Crippen molar-refractivity contribution in [3.63, 3.8) is 0 Å². The fourth-order valence-corrected chi connectivity index (χ4v) is 4.39. The van der Waals surface area contributed by atoms with Gasteiger partial charge in [0.1, 0.15) is 5.82 Å². The summed E-state index contributed by atoms with van der Waals surface area (Å²) in [5.74, 6) is 2.18. The Labute approximate surface area is 159 Å². The zero-order chi connectivity index (χ0) is 17.6. The summed E-state index contributed by atoms with van der Waals surface area (Å²) in [6, 6.07) is 15.5. The highest BCUT2D eigenvalue weighted by Gasteiger charge is 2.17. The Morgan fingerprint density at radius 1 is 1.12 bits per heavy atom. The number of thioether (sulfide) groups is 1. The SMILES string of the molecule is c1ccc(CC2CN=C(SCCCc3ccc4c(n3)NCCC4)N2)cc1. The molecule has 5 heteroatoms. The van der Waals surface area contributed by atoms with Crippen molar-refractivity contribution in [3.05, 3.63) is 59.3 Å². The van der Waals surface area contributed by atoms with Gasteiger partial charge in [0.05, 0.1) is 12.6 Å². The average molecular weight is 367 g/mol. The van der Waals surface area contributed by atoms with E-state index in [4.69, 9.17) is 4.98 Å². The maximum absolute atomic E-state index is 4.78. The summed E-state index contributed by atoms with van der Waals surface area (Å²) in [7, 11) is 0. The second-order valence-corrected chi connectivity index (χ2v) is 8.05. The second kappa shape index (κ2) is 8.58. The lowest BCUT2D eigenvalue weighted by Gasteiger charge is -2.17. The molecule has 0 spiro atoms. The number of fused-ring (bicyclic) bond motifs is 1. The Morgan fingerprint density at radius 3 is 2.96 bits per heavy atom. The van der Waals surface area contributed by atoms with Crippen molar-refractivity contribution in [2.75, 3.05) is 24.2 Å². The van der Waals surface area contributed by atoms with Crippen molar-refractivity contribution in [3.8, 4) is 0 Å². The van der Waals surface area contributed by atoms with Crippen LogP contribution >= 0.6 is 11.8 Å². The predicted octanol–water partition coefficient (Wildman–Crippen LogP) is 3.68. The molecule has 0 bridgehead atoms. The lowest BCUT2D eigenvalue weighted by molar-refractivity contribution is 0.656. The summed E-state index contributed by atoms with van der Waals surface area (Å²) in [6.07, 6.45) is 5.57. The Kier molecular flexibility index (Phi) is 5.75. The number of hydrogen-bond acceptors (Lipinski definition) is 5. The maximum Gasteiger partial charge on any atom is 0.156 e. The summed E-state index contributed by atoms with van der Waals surface area (Å²) in [6.45, 7) is 1.93. The van der Waals surface area contributed by atoms with E-state index in [1.807, 2.05) is 11.8 Å². The van der Waals surface area contributed by atoms with Crippen LogP contribution in [0.25, 0.3) is 0 Å². The van der Waals surface area contributed by atoms with Crippen LogP contribution < -0.4 is 10.6 Å². The van der Waals surface area contributed by atoms with E-state index in [2.05, 4.69) is 58.1 Å². The molecule has 0 fully saturated rings. The molecule has 4 nitrogen and oxygen atoms in total. The number of aromatic nitrogens is 1. The average Bonchev–Trinajstić information content (AvgIpc) is 3.13. The zero-order valence-corrected chi connectivity index (χ0v) is 15.9. The van der Waals surface area contributed by atoms with Gasteiger partial charge >= 0.3 is 0 Å². The largest absolute Gasteiger partial charge is 0.370 e. The van der Waals surface area contributed by atoms with Crippen molar-refractivity contribution >= 4 is 22.7 Å². The Morgan fingerprint density at radius 2 is 2.04 bits per heavy atom. The van der Waals surface area contributed by atoms with E-state index in [1.54, 1.807) is 0 Å². The van der Waals surface area contributed by atoms with Crippen molar-refractivity contribution in [1.29, 1.82) is 0 Å². The molecule has 0 amide bonds. The van der Waals surface area contributed by atoms with Gasteiger partial charge in [0.2, 0.25) is 0 Å². The van der Waals surface area contributed by atoms with E-state index in [1.165, 1.54) is 23.2 Å². The molecule has 0 radical (unpaired) electrons. The fraction of sp³-hybridized carbons (Fsp3) is 0.429. The van der Waals surface area contributed by atoms with Crippen LogP contribution in [0.5, 0.6) is 0 Å². The summed E-state index contributed by atoms with van der Waals surface area (Å²) < 4.78 is 0. The van der Waals surface area contributed by atoms with Crippen LogP contribution in [0.3, 0.4) is 0 Å². The first-order chi connectivity index (χ1) is 12.9. The molecular weight excluding hydrogens is 340 g/mol. The van der Waals surface area contributed by atoms with Gasteiger partial charge in [-0.2, -0.15) is 0 Å². The number of aryl methyl sites for hydroxylation is 2. The first-order valence-corrected chi connectivity index (χ1v) is 10.6. The normalized spacial score (nSPS) is 18.6. The molecular formula is C21H26N4S. The number of hydrogen-bond donors (Lipinski definition) is 2. The number of nitrogens with one attached hydrogen (secondary N) is 2. The van der Waals surface area contributed by atoms with Gasteiger partial charge in [0, 0.05) is 18.0 Å². The van der Waals surface area contributed by atoms with Gasteiger partial charge in [0.15, 0.2) is 5.17 Å². The van der Waals surface area contributed by atoms with Crippen molar-refractivity contribution in [2.24, 2.45) is 4.99 Å². The first-order valence-electron chi connectivity index (χ1n) is 9.57. The van der Waals surface area contributed by atoms with Crippen LogP contribution in [0.15, 0.2) is 47.5 Å². The fourth-order valence-electron chi connectivity index (χ4n) is 3.49. The molecule has 0 aliphatic carbocycles. The molecule has 4 rings (SSSR count). The highest BCUT2D eigenvalue weighted by atomic mass is 32.2. The number of amidine groups is 1. The van der Waals surface area contributed by atoms with E-state index in [9.17, 15) is 0 Å². The molecule has 0 saturated heterocycles. The van der Waals surface area contributed by atoms with E-state index in [0.717, 1.165) is 55.5 Å². The van der Waals surface area contributed by atoms with Gasteiger partial charge < -0.3 is 10.6 Å². The third-order valence-corrected chi connectivity index (χ3v) is 5.89. The third-order valence-electron chi connectivity index (χ3n) is 4.88. The van der Waals surface area contributed by atoms with Crippen LogP contribution in [0.2, 0.25) is 0 Å². The smallest absolute Gasteiger partial charge is 0.156 e. The lowest BCUT2D eigenvalue weighted by Crippen LogP contribution is -2.30. The summed E-state index contributed by atoms with van der Waals surface area (Å²) in [5, 5.41) is 8.09. The standard InChI is InChI=1S/C21H26N4S/c1-2-6-16(7-3-1)14-19-15-23-21(25-19)26-13-5-9-18-11-10-17-8-4-12-22-20(17)24-18/h1-3,6-7,10-11,19H,4-5,8-9,12-15H2,(H,22,24)(H,23,25). The Bertz CT molecular complexity index is 760. The van der Waals surface area contributed by atoms with Crippen molar-refractivity contribution < 1.29 is 0 Å². The second-order valence-electron chi connectivity index (χ2n) is 6.97. The summed E-state index contributed by atoms with van der Waals surface area (Å²) in [4.78, 5) is 9.43. The molecule has 2 aliphatic heterocycles. The van der Waals surface area contributed by atoms with Gasteiger partial charge in [0.25, 0.3) is 0 Å².